The van der Waals surface area contributed by atoms with E-state index in [4.69, 9.17) is 5.73 Å². The van der Waals surface area contributed by atoms with Gasteiger partial charge in [-0.05, 0) is 42.0 Å². The molecule has 0 saturated heterocycles. The van der Waals surface area contributed by atoms with Gasteiger partial charge in [-0.15, -0.1) is 0 Å². The molecule has 0 aromatic heterocycles. The molecular weight excluding hydrogens is 343 g/mol. The number of rotatable bonds is 4. The number of benzene rings is 3. The van der Waals surface area contributed by atoms with Gasteiger partial charge in [0.1, 0.15) is 0 Å². The fraction of sp³-hybridized carbons (Fsp3) is 0.100. The molecule has 0 heterocycles. The van der Waals surface area contributed by atoms with E-state index in [0.29, 0.717) is 6.54 Å². The Balaban J connectivity index is 0.000000511. The Morgan fingerprint density at radius 2 is 1.00 bits per heavy atom. The molecule has 3 aromatic carbocycles. The maximum Gasteiger partial charge on any atom is 0.379 e. The molecule has 2 N–H and O–H groups in total. The zero-order valence-electron chi connectivity index (χ0n) is 13.5. The van der Waals surface area contributed by atoms with E-state index in [2.05, 4.69) is 84.9 Å². The monoisotopic (exact) mass is 362 g/mol. The van der Waals surface area contributed by atoms with Gasteiger partial charge in [0.25, 0.3) is 0 Å². The van der Waals surface area contributed by atoms with E-state index in [1.807, 2.05) is 0 Å². The van der Waals surface area contributed by atoms with Crippen LogP contribution in [0.5, 0.6) is 0 Å². The maximum atomic E-state index is 9.67. The van der Waals surface area contributed by atoms with Crippen LogP contribution in [0.2, 0.25) is 0 Å². The molecule has 0 radical (unpaired) electrons. The van der Waals surface area contributed by atoms with Crippen LogP contribution >= 0.6 is 0 Å². The predicted octanol–water partition coefficient (Wildman–Crippen LogP) is 5.42. The van der Waals surface area contributed by atoms with Gasteiger partial charge in [-0.25, -0.2) is 0 Å². The highest BCUT2D eigenvalue weighted by Crippen LogP contribution is 2.30. The van der Waals surface area contributed by atoms with Crippen molar-refractivity contribution >= 4 is 10.9 Å². The molecule has 5 heteroatoms. The second-order valence-corrected chi connectivity index (χ2v) is 7.05. The second-order valence-electron chi connectivity index (χ2n) is 5.03. The van der Waals surface area contributed by atoms with E-state index in [1.165, 1.54) is 20.2 Å². The molecular formula is C20H19F3NS+. The molecule has 1 nitrogen and oxygen atoms in total. The molecule has 0 amide bonds. The van der Waals surface area contributed by atoms with E-state index in [1.54, 1.807) is 0 Å². The molecule has 0 aliphatic carbocycles. The molecule has 3 aromatic rings. The average Bonchev–Trinajstić information content (AvgIpc) is 2.64. The molecule has 130 valence electrons. The Labute approximate surface area is 148 Å². The van der Waals surface area contributed by atoms with Crippen LogP contribution in [0.25, 0.3) is 0 Å². The molecule has 0 spiro atoms. The van der Waals surface area contributed by atoms with Gasteiger partial charge in [0.05, 0.1) is 10.9 Å². The summed E-state index contributed by atoms with van der Waals surface area (Å²) >= 11 is 0. The summed E-state index contributed by atoms with van der Waals surface area (Å²) < 4.78 is 29.0. The number of hydrogen-bond donors (Lipinski definition) is 1. The van der Waals surface area contributed by atoms with Gasteiger partial charge in [0, 0.05) is 6.54 Å². The van der Waals surface area contributed by atoms with Crippen LogP contribution in [0.4, 0.5) is 13.2 Å². The first-order valence-electron chi connectivity index (χ1n) is 7.67. The minimum absolute atomic E-state index is 0.0657. The van der Waals surface area contributed by atoms with Crippen molar-refractivity contribution in [2.24, 2.45) is 5.73 Å². The molecule has 0 unspecified atom stereocenters. The fourth-order valence-corrected chi connectivity index (χ4v) is 4.37. The highest BCUT2D eigenvalue weighted by molar-refractivity contribution is 7.97. The molecule has 0 aliphatic heterocycles. The zero-order chi connectivity index (χ0) is 18.1. The summed E-state index contributed by atoms with van der Waals surface area (Å²) in [4.78, 5) is 4.00. The number of hydrogen-bond acceptors (Lipinski definition) is 1. The smallest absolute Gasteiger partial charge is 0.326 e. The predicted molar refractivity (Wildman–Crippen MR) is 96.5 cm³/mol. The quantitative estimate of drug-likeness (QED) is 0.616. The summed E-state index contributed by atoms with van der Waals surface area (Å²) in [5, 5.41) is 0. The summed E-state index contributed by atoms with van der Waals surface area (Å²) in [7, 11) is -0.0657. The SMILES string of the molecule is FC(F)F.NCc1ccc([S+](c2ccccc2)c2ccccc2)cc1. The summed E-state index contributed by atoms with van der Waals surface area (Å²) in [5.41, 5.74) is 6.87. The number of halogens is 3. The minimum atomic E-state index is -3.67. The van der Waals surface area contributed by atoms with E-state index in [-0.39, 0.29) is 10.9 Å². The first kappa shape index (κ1) is 19.1. The van der Waals surface area contributed by atoms with Gasteiger partial charge in [-0.3, -0.25) is 0 Å². The van der Waals surface area contributed by atoms with Crippen molar-refractivity contribution in [3.8, 4) is 0 Å². The van der Waals surface area contributed by atoms with Crippen LogP contribution in [0, 0.1) is 0 Å². The zero-order valence-corrected chi connectivity index (χ0v) is 14.3. The van der Waals surface area contributed by atoms with Crippen molar-refractivity contribution in [3.05, 3.63) is 90.5 Å². The van der Waals surface area contributed by atoms with Crippen molar-refractivity contribution in [1.29, 1.82) is 0 Å². The van der Waals surface area contributed by atoms with Crippen molar-refractivity contribution in [2.45, 2.75) is 27.9 Å². The lowest BCUT2D eigenvalue weighted by Gasteiger charge is -2.08. The lowest BCUT2D eigenvalue weighted by molar-refractivity contribution is 0.00819. The third-order valence-corrected chi connectivity index (χ3v) is 5.58. The van der Waals surface area contributed by atoms with Crippen molar-refractivity contribution in [1.82, 2.24) is 0 Å². The van der Waals surface area contributed by atoms with Crippen LogP contribution in [0.1, 0.15) is 5.56 Å². The van der Waals surface area contributed by atoms with Gasteiger partial charge >= 0.3 is 6.68 Å². The van der Waals surface area contributed by atoms with Gasteiger partial charge in [0.15, 0.2) is 14.7 Å². The summed E-state index contributed by atoms with van der Waals surface area (Å²) in [5.74, 6) is 0. The molecule has 0 saturated carbocycles. The van der Waals surface area contributed by atoms with E-state index in [0.717, 1.165) is 0 Å². The van der Waals surface area contributed by atoms with E-state index in [9.17, 15) is 13.2 Å². The second kappa shape index (κ2) is 9.91. The maximum absolute atomic E-state index is 9.67. The highest BCUT2D eigenvalue weighted by atomic mass is 32.2. The van der Waals surface area contributed by atoms with Crippen LogP contribution < -0.4 is 5.73 Å². The molecule has 25 heavy (non-hydrogen) atoms. The van der Waals surface area contributed by atoms with Gasteiger partial charge < -0.3 is 5.73 Å². The van der Waals surface area contributed by atoms with Crippen LogP contribution in [0.3, 0.4) is 0 Å². The molecule has 3 rings (SSSR count). The van der Waals surface area contributed by atoms with Gasteiger partial charge in [0.2, 0.25) is 0 Å². The third kappa shape index (κ3) is 5.96. The van der Waals surface area contributed by atoms with Crippen LogP contribution in [-0.4, -0.2) is 6.68 Å². The van der Waals surface area contributed by atoms with Crippen molar-refractivity contribution in [2.75, 3.05) is 0 Å². The van der Waals surface area contributed by atoms with Gasteiger partial charge in [-0.1, -0.05) is 48.5 Å². The Hall–Kier alpha value is -2.24. The molecule has 0 atom stereocenters. The topological polar surface area (TPSA) is 26.0 Å². The fourth-order valence-electron chi connectivity index (χ4n) is 2.28. The summed E-state index contributed by atoms with van der Waals surface area (Å²) in [6.45, 7) is -3.08. The lowest BCUT2D eigenvalue weighted by atomic mass is 10.2. The summed E-state index contributed by atoms with van der Waals surface area (Å²) in [6.07, 6.45) is 0. The number of alkyl halides is 3. The largest absolute Gasteiger partial charge is 0.379 e. The first-order chi connectivity index (χ1) is 12.1. The van der Waals surface area contributed by atoms with Crippen LogP contribution in [-0.2, 0) is 17.4 Å². The normalized spacial score (nSPS) is 10.5. The van der Waals surface area contributed by atoms with Crippen LogP contribution in [0.15, 0.2) is 99.6 Å². The van der Waals surface area contributed by atoms with E-state index < -0.39 is 6.68 Å². The Bertz CT molecular complexity index is 692. The van der Waals surface area contributed by atoms with Crippen molar-refractivity contribution < 1.29 is 13.2 Å². The third-order valence-electron chi connectivity index (χ3n) is 3.35. The Morgan fingerprint density at radius 3 is 1.36 bits per heavy atom. The number of nitrogens with two attached hydrogens (primary N) is 1. The minimum Gasteiger partial charge on any atom is -0.326 e. The standard InChI is InChI=1S/C19H18NS.CHF3/c20-15-16-11-13-19(14-12-16)21(17-7-3-1-4-8-17)18-9-5-2-6-10-18;2-1(3)4/h1-14H,15,20H2;1H/q+1;. The Morgan fingerprint density at radius 1 is 0.640 bits per heavy atom. The molecule has 0 fully saturated rings. The first-order valence-corrected chi connectivity index (χ1v) is 8.90. The van der Waals surface area contributed by atoms with E-state index >= 15 is 0 Å². The Kier molecular flexibility index (Phi) is 7.57. The molecule has 0 aliphatic rings. The molecule has 0 bridgehead atoms. The average molecular weight is 362 g/mol. The van der Waals surface area contributed by atoms with Gasteiger partial charge in [-0.2, -0.15) is 13.2 Å². The van der Waals surface area contributed by atoms with Crippen molar-refractivity contribution in [3.63, 3.8) is 0 Å². The highest BCUT2D eigenvalue weighted by Gasteiger charge is 2.27. The lowest BCUT2D eigenvalue weighted by Crippen LogP contribution is -2.05. The summed E-state index contributed by atoms with van der Waals surface area (Å²) in [6, 6.07) is 30.0.